The molecule has 2 nitrogen and oxygen atoms in total. The fourth-order valence-electron chi connectivity index (χ4n) is 1.66. The Hall–Kier alpha value is -0.600. The Morgan fingerprint density at radius 1 is 1.50 bits per heavy atom. The lowest BCUT2D eigenvalue weighted by atomic mass is 9.85. The van der Waals surface area contributed by atoms with Crippen molar-refractivity contribution in [1.29, 1.82) is 0 Å². The first-order valence-electron chi connectivity index (χ1n) is 5.15. The highest BCUT2D eigenvalue weighted by molar-refractivity contribution is 6.31. The van der Waals surface area contributed by atoms with Crippen LogP contribution in [-0.4, -0.2) is 11.5 Å². The highest BCUT2D eigenvalue weighted by atomic mass is 35.5. The van der Waals surface area contributed by atoms with Gasteiger partial charge in [0.1, 0.15) is 0 Å². The standard InChI is InChI=1S/C11H15ClN2/c12-11-8-13-5-4-10(11)7-14-6-9-2-1-3-9/h4-5,8-9,14H,1-3,6-7H2. The van der Waals surface area contributed by atoms with Crippen LogP contribution < -0.4 is 5.32 Å². The van der Waals surface area contributed by atoms with Crippen molar-refractivity contribution in [2.24, 2.45) is 5.92 Å². The van der Waals surface area contributed by atoms with Gasteiger partial charge < -0.3 is 5.32 Å². The summed E-state index contributed by atoms with van der Waals surface area (Å²) in [4.78, 5) is 3.96. The van der Waals surface area contributed by atoms with Gasteiger partial charge in [-0.15, -0.1) is 0 Å². The molecule has 0 bridgehead atoms. The maximum Gasteiger partial charge on any atom is 0.0634 e. The van der Waals surface area contributed by atoms with Gasteiger partial charge in [0, 0.05) is 18.9 Å². The third kappa shape index (κ3) is 2.46. The summed E-state index contributed by atoms with van der Waals surface area (Å²) in [6.07, 6.45) is 7.66. The van der Waals surface area contributed by atoms with E-state index in [1.54, 1.807) is 12.4 Å². The third-order valence-corrected chi connectivity index (χ3v) is 3.17. The quantitative estimate of drug-likeness (QED) is 0.827. The summed E-state index contributed by atoms with van der Waals surface area (Å²) in [6.45, 7) is 1.98. The predicted molar refractivity (Wildman–Crippen MR) is 58.3 cm³/mol. The second-order valence-electron chi connectivity index (χ2n) is 3.89. The van der Waals surface area contributed by atoms with Gasteiger partial charge in [0.25, 0.3) is 0 Å². The summed E-state index contributed by atoms with van der Waals surface area (Å²) in [6, 6.07) is 1.97. The maximum atomic E-state index is 5.98. The van der Waals surface area contributed by atoms with E-state index < -0.39 is 0 Å². The van der Waals surface area contributed by atoms with E-state index in [4.69, 9.17) is 11.6 Å². The Labute approximate surface area is 89.7 Å². The molecule has 0 spiro atoms. The minimum absolute atomic E-state index is 0.758. The maximum absolute atomic E-state index is 5.98. The third-order valence-electron chi connectivity index (χ3n) is 2.83. The summed E-state index contributed by atoms with van der Waals surface area (Å²) in [5, 5.41) is 4.19. The average molecular weight is 211 g/mol. The van der Waals surface area contributed by atoms with Crippen LogP contribution in [0.1, 0.15) is 24.8 Å². The molecule has 1 N–H and O–H groups in total. The average Bonchev–Trinajstić information content (AvgIpc) is 2.12. The molecule has 0 aromatic carbocycles. The van der Waals surface area contributed by atoms with E-state index in [1.165, 1.54) is 19.3 Å². The molecule has 14 heavy (non-hydrogen) atoms. The van der Waals surface area contributed by atoms with Crippen LogP contribution >= 0.6 is 11.6 Å². The van der Waals surface area contributed by atoms with E-state index in [0.717, 1.165) is 29.6 Å². The second kappa shape index (κ2) is 4.76. The van der Waals surface area contributed by atoms with Crippen molar-refractivity contribution >= 4 is 11.6 Å². The number of hydrogen-bond acceptors (Lipinski definition) is 2. The van der Waals surface area contributed by atoms with Gasteiger partial charge in [-0.25, -0.2) is 0 Å². The van der Waals surface area contributed by atoms with Crippen LogP contribution in [0.15, 0.2) is 18.5 Å². The monoisotopic (exact) mass is 210 g/mol. The molecular weight excluding hydrogens is 196 g/mol. The van der Waals surface area contributed by atoms with E-state index in [-0.39, 0.29) is 0 Å². The molecule has 1 fully saturated rings. The number of rotatable bonds is 4. The number of nitrogens with one attached hydrogen (secondary N) is 1. The topological polar surface area (TPSA) is 24.9 Å². The van der Waals surface area contributed by atoms with Gasteiger partial charge >= 0.3 is 0 Å². The van der Waals surface area contributed by atoms with Crippen LogP contribution in [0, 0.1) is 5.92 Å². The van der Waals surface area contributed by atoms with Crippen molar-refractivity contribution < 1.29 is 0 Å². The molecular formula is C11H15ClN2. The van der Waals surface area contributed by atoms with Gasteiger partial charge in [0.2, 0.25) is 0 Å². The second-order valence-corrected chi connectivity index (χ2v) is 4.30. The van der Waals surface area contributed by atoms with E-state index in [9.17, 15) is 0 Å². The van der Waals surface area contributed by atoms with Crippen molar-refractivity contribution in [2.75, 3.05) is 6.54 Å². The largest absolute Gasteiger partial charge is 0.312 e. The summed E-state index contributed by atoms with van der Waals surface area (Å²) in [7, 11) is 0. The SMILES string of the molecule is Clc1cnccc1CNCC1CCC1. The molecule has 0 atom stereocenters. The molecule has 76 valence electrons. The smallest absolute Gasteiger partial charge is 0.0634 e. The first-order valence-corrected chi connectivity index (χ1v) is 5.53. The van der Waals surface area contributed by atoms with Crippen molar-refractivity contribution in [3.63, 3.8) is 0 Å². The zero-order chi connectivity index (χ0) is 9.80. The van der Waals surface area contributed by atoms with Crippen LogP contribution in [0.2, 0.25) is 5.02 Å². The van der Waals surface area contributed by atoms with Crippen LogP contribution in [-0.2, 0) is 6.54 Å². The molecule has 1 aromatic rings. The first-order chi connectivity index (χ1) is 6.86. The van der Waals surface area contributed by atoms with Crippen LogP contribution in [0.5, 0.6) is 0 Å². The van der Waals surface area contributed by atoms with E-state index in [0.29, 0.717) is 0 Å². The van der Waals surface area contributed by atoms with Gasteiger partial charge in [-0.1, -0.05) is 18.0 Å². The summed E-state index contributed by atoms with van der Waals surface area (Å²) in [5.74, 6) is 0.899. The molecule has 3 heteroatoms. The van der Waals surface area contributed by atoms with Gasteiger partial charge in [-0.3, -0.25) is 4.98 Å². The van der Waals surface area contributed by atoms with Crippen LogP contribution in [0.25, 0.3) is 0 Å². The van der Waals surface area contributed by atoms with Crippen LogP contribution in [0.4, 0.5) is 0 Å². The molecule has 0 saturated heterocycles. The Kier molecular flexibility index (Phi) is 3.38. The highest BCUT2D eigenvalue weighted by Gasteiger charge is 2.16. The van der Waals surface area contributed by atoms with Crippen LogP contribution in [0.3, 0.4) is 0 Å². The summed E-state index contributed by atoms with van der Waals surface area (Å²) in [5.41, 5.74) is 1.14. The lowest BCUT2D eigenvalue weighted by molar-refractivity contribution is 0.301. The Morgan fingerprint density at radius 2 is 2.36 bits per heavy atom. The highest BCUT2D eigenvalue weighted by Crippen LogP contribution is 2.25. The zero-order valence-electron chi connectivity index (χ0n) is 8.17. The molecule has 0 aliphatic heterocycles. The predicted octanol–water partition coefficient (Wildman–Crippen LogP) is 2.62. The summed E-state index contributed by atoms with van der Waals surface area (Å²) < 4.78 is 0. The molecule has 1 aliphatic carbocycles. The number of pyridine rings is 1. The molecule has 0 radical (unpaired) electrons. The van der Waals surface area contributed by atoms with Crippen molar-refractivity contribution in [1.82, 2.24) is 10.3 Å². The molecule has 1 heterocycles. The fourth-order valence-corrected chi connectivity index (χ4v) is 1.84. The first kappa shape index (κ1) is 9.94. The molecule has 1 aromatic heterocycles. The molecule has 2 rings (SSSR count). The van der Waals surface area contributed by atoms with E-state index in [1.807, 2.05) is 6.07 Å². The van der Waals surface area contributed by atoms with E-state index in [2.05, 4.69) is 10.3 Å². The van der Waals surface area contributed by atoms with Gasteiger partial charge in [0.15, 0.2) is 0 Å². The van der Waals surface area contributed by atoms with Gasteiger partial charge in [-0.05, 0) is 36.9 Å². The Bertz CT molecular complexity index is 297. The zero-order valence-corrected chi connectivity index (χ0v) is 8.93. The van der Waals surface area contributed by atoms with Gasteiger partial charge in [0.05, 0.1) is 5.02 Å². The number of nitrogens with zero attached hydrogens (tertiary/aromatic N) is 1. The van der Waals surface area contributed by atoms with Crippen molar-refractivity contribution in [2.45, 2.75) is 25.8 Å². The molecule has 1 saturated carbocycles. The summed E-state index contributed by atoms with van der Waals surface area (Å²) >= 11 is 5.98. The Morgan fingerprint density at radius 3 is 3.00 bits per heavy atom. The normalized spacial score (nSPS) is 16.6. The molecule has 1 aliphatic rings. The lowest BCUT2D eigenvalue weighted by Crippen LogP contribution is -2.26. The number of halogens is 1. The minimum Gasteiger partial charge on any atom is -0.312 e. The number of aromatic nitrogens is 1. The fraction of sp³-hybridized carbons (Fsp3) is 0.545. The molecule has 0 amide bonds. The lowest BCUT2D eigenvalue weighted by Gasteiger charge is -2.25. The van der Waals surface area contributed by atoms with Crippen molar-refractivity contribution in [3.8, 4) is 0 Å². The minimum atomic E-state index is 0.758. The van der Waals surface area contributed by atoms with Crippen molar-refractivity contribution in [3.05, 3.63) is 29.0 Å². The van der Waals surface area contributed by atoms with Gasteiger partial charge in [-0.2, -0.15) is 0 Å². The Balaban J connectivity index is 1.76. The number of hydrogen-bond donors (Lipinski definition) is 1. The molecule has 0 unspecified atom stereocenters. The van der Waals surface area contributed by atoms with E-state index >= 15 is 0 Å².